The molecule has 0 amide bonds. The van der Waals surface area contributed by atoms with Gasteiger partial charge in [0.05, 0.1) is 5.69 Å². The molecule has 2 heterocycles. The van der Waals surface area contributed by atoms with Crippen LogP contribution in [0.3, 0.4) is 0 Å². The minimum atomic E-state index is 0.469. The summed E-state index contributed by atoms with van der Waals surface area (Å²) in [4.78, 5) is 4.23. The summed E-state index contributed by atoms with van der Waals surface area (Å²) in [5, 5.41) is 12.0. The molecule has 2 N–H and O–H groups in total. The van der Waals surface area contributed by atoms with E-state index in [4.69, 9.17) is 10.3 Å². The van der Waals surface area contributed by atoms with E-state index in [0.29, 0.717) is 18.3 Å². The standard InChI is InChI=1S/C11H18N6O/c1-2-10-13-11(18-15-10)8-17-7-9(14-16-17)5-3-4-6-12/h7H,2-6,8,12H2,1H3. The Balaban J connectivity index is 1.89. The fraction of sp³-hybridized carbons (Fsp3) is 0.636. The molecule has 0 bridgehead atoms. The molecule has 0 aliphatic heterocycles. The third-order valence-corrected chi connectivity index (χ3v) is 2.60. The van der Waals surface area contributed by atoms with Gasteiger partial charge in [0.25, 0.3) is 0 Å². The summed E-state index contributed by atoms with van der Waals surface area (Å²) in [5.41, 5.74) is 6.42. The van der Waals surface area contributed by atoms with Gasteiger partial charge in [-0.3, -0.25) is 0 Å². The Hall–Kier alpha value is -1.76. The average Bonchev–Trinajstić information content (AvgIpc) is 3.00. The third kappa shape index (κ3) is 3.36. The van der Waals surface area contributed by atoms with E-state index in [1.807, 2.05) is 13.1 Å². The van der Waals surface area contributed by atoms with Crippen LogP contribution >= 0.6 is 0 Å². The van der Waals surface area contributed by atoms with Crippen LogP contribution in [-0.4, -0.2) is 31.7 Å². The van der Waals surface area contributed by atoms with Gasteiger partial charge in [0.1, 0.15) is 6.54 Å². The molecule has 0 aromatic carbocycles. The molecule has 0 atom stereocenters. The van der Waals surface area contributed by atoms with Crippen molar-refractivity contribution in [2.45, 2.75) is 39.2 Å². The van der Waals surface area contributed by atoms with E-state index in [-0.39, 0.29) is 0 Å². The lowest BCUT2D eigenvalue weighted by atomic mass is 10.2. The van der Waals surface area contributed by atoms with Gasteiger partial charge in [-0.25, -0.2) is 4.68 Å². The Bertz CT molecular complexity index is 477. The van der Waals surface area contributed by atoms with Crippen LogP contribution in [0.4, 0.5) is 0 Å². The van der Waals surface area contributed by atoms with Crippen molar-refractivity contribution >= 4 is 0 Å². The highest BCUT2D eigenvalue weighted by atomic mass is 16.5. The van der Waals surface area contributed by atoms with Crippen LogP contribution in [0.5, 0.6) is 0 Å². The summed E-state index contributed by atoms with van der Waals surface area (Å²) >= 11 is 0. The molecule has 98 valence electrons. The number of aromatic nitrogens is 5. The number of aryl methyl sites for hydroxylation is 2. The zero-order chi connectivity index (χ0) is 12.8. The molecule has 0 aliphatic rings. The second-order valence-corrected chi connectivity index (χ2v) is 4.11. The van der Waals surface area contributed by atoms with Crippen LogP contribution in [-0.2, 0) is 19.4 Å². The summed E-state index contributed by atoms with van der Waals surface area (Å²) in [5.74, 6) is 1.28. The van der Waals surface area contributed by atoms with Crippen LogP contribution in [0.2, 0.25) is 0 Å². The lowest BCUT2D eigenvalue weighted by molar-refractivity contribution is 0.360. The van der Waals surface area contributed by atoms with Gasteiger partial charge >= 0.3 is 0 Å². The predicted molar refractivity (Wildman–Crippen MR) is 64.8 cm³/mol. The Morgan fingerprint density at radius 2 is 2.28 bits per heavy atom. The maximum Gasteiger partial charge on any atom is 0.248 e. The SMILES string of the molecule is CCc1noc(Cn2cc(CCCCN)nn2)n1. The van der Waals surface area contributed by atoms with Crippen molar-refractivity contribution in [1.82, 2.24) is 25.1 Å². The normalized spacial score (nSPS) is 11.0. The number of unbranched alkanes of at least 4 members (excludes halogenated alkanes) is 1. The van der Waals surface area contributed by atoms with Gasteiger partial charge in [0, 0.05) is 12.6 Å². The van der Waals surface area contributed by atoms with Gasteiger partial charge in [0.15, 0.2) is 5.82 Å². The van der Waals surface area contributed by atoms with Gasteiger partial charge in [0.2, 0.25) is 5.89 Å². The molecule has 0 fully saturated rings. The molecular formula is C11H18N6O. The van der Waals surface area contributed by atoms with Crippen molar-refractivity contribution < 1.29 is 4.52 Å². The number of rotatable bonds is 7. The van der Waals surface area contributed by atoms with E-state index in [0.717, 1.165) is 37.9 Å². The zero-order valence-electron chi connectivity index (χ0n) is 10.5. The molecule has 0 saturated carbocycles. The predicted octanol–water partition coefficient (Wildman–Crippen LogP) is 0.553. The average molecular weight is 250 g/mol. The van der Waals surface area contributed by atoms with Crippen LogP contribution in [0.1, 0.15) is 37.2 Å². The molecule has 2 aromatic heterocycles. The van der Waals surface area contributed by atoms with Crippen LogP contribution in [0.15, 0.2) is 10.7 Å². The first-order valence-corrected chi connectivity index (χ1v) is 6.22. The smallest absolute Gasteiger partial charge is 0.248 e. The van der Waals surface area contributed by atoms with Crippen molar-refractivity contribution in [3.63, 3.8) is 0 Å². The highest BCUT2D eigenvalue weighted by Gasteiger charge is 2.07. The molecule has 7 heteroatoms. The topological polar surface area (TPSA) is 95.7 Å². The summed E-state index contributed by atoms with van der Waals surface area (Å²) in [7, 11) is 0. The zero-order valence-corrected chi connectivity index (χ0v) is 10.5. The van der Waals surface area contributed by atoms with Crippen LogP contribution in [0.25, 0.3) is 0 Å². The fourth-order valence-corrected chi connectivity index (χ4v) is 1.62. The quantitative estimate of drug-likeness (QED) is 0.721. The molecule has 0 spiro atoms. The van der Waals surface area contributed by atoms with Gasteiger partial charge < -0.3 is 10.3 Å². The summed E-state index contributed by atoms with van der Waals surface area (Å²) < 4.78 is 6.81. The number of hydrogen-bond donors (Lipinski definition) is 1. The van der Waals surface area contributed by atoms with Gasteiger partial charge in [-0.2, -0.15) is 4.98 Å². The molecule has 0 saturated heterocycles. The monoisotopic (exact) mass is 250 g/mol. The molecule has 0 aliphatic carbocycles. The number of nitrogens with two attached hydrogens (primary N) is 1. The molecule has 2 rings (SSSR count). The maximum absolute atomic E-state index is 5.45. The van der Waals surface area contributed by atoms with E-state index in [2.05, 4.69) is 20.5 Å². The third-order valence-electron chi connectivity index (χ3n) is 2.60. The second kappa shape index (κ2) is 6.25. The summed E-state index contributed by atoms with van der Waals surface area (Å²) in [6.45, 7) is 3.17. The largest absolute Gasteiger partial charge is 0.337 e. The van der Waals surface area contributed by atoms with Crippen molar-refractivity contribution in [3.8, 4) is 0 Å². The van der Waals surface area contributed by atoms with Gasteiger partial charge in [-0.1, -0.05) is 17.3 Å². The Morgan fingerprint density at radius 3 is 3.00 bits per heavy atom. The summed E-state index contributed by atoms with van der Waals surface area (Å²) in [6, 6.07) is 0. The molecular weight excluding hydrogens is 232 g/mol. The second-order valence-electron chi connectivity index (χ2n) is 4.11. The Labute approximate surface area is 105 Å². The van der Waals surface area contributed by atoms with E-state index < -0.39 is 0 Å². The molecule has 0 radical (unpaired) electrons. The molecule has 7 nitrogen and oxygen atoms in total. The van der Waals surface area contributed by atoms with Crippen molar-refractivity contribution in [2.75, 3.05) is 6.54 Å². The number of nitrogens with zero attached hydrogens (tertiary/aromatic N) is 5. The Kier molecular flexibility index (Phi) is 4.40. The lowest BCUT2D eigenvalue weighted by Crippen LogP contribution is -2.01. The van der Waals surface area contributed by atoms with Crippen LogP contribution in [0, 0.1) is 0 Å². The lowest BCUT2D eigenvalue weighted by Gasteiger charge is -1.94. The van der Waals surface area contributed by atoms with Crippen molar-refractivity contribution in [3.05, 3.63) is 23.6 Å². The van der Waals surface area contributed by atoms with Gasteiger partial charge in [-0.15, -0.1) is 5.10 Å². The molecule has 2 aromatic rings. The fourth-order valence-electron chi connectivity index (χ4n) is 1.62. The summed E-state index contributed by atoms with van der Waals surface area (Å²) in [6.07, 6.45) is 5.63. The first-order valence-electron chi connectivity index (χ1n) is 6.22. The van der Waals surface area contributed by atoms with Crippen molar-refractivity contribution in [1.29, 1.82) is 0 Å². The highest BCUT2D eigenvalue weighted by Crippen LogP contribution is 2.03. The minimum absolute atomic E-state index is 0.469. The van der Waals surface area contributed by atoms with E-state index in [9.17, 15) is 0 Å². The minimum Gasteiger partial charge on any atom is -0.337 e. The van der Waals surface area contributed by atoms with E-state index >= 15 is 0 Å². The maximum atomic E-state index is 5.45. The van der Waals surface area contributed by atoms with Crippen LogP contribution < -0.4 is 5.73 Å². The molecule has 0 unspecified atom stereocenters. The number of hydrogen-bond acceptors (Lipinski definition) is 6. The first kappa shape index (κ1) is 12.7. The first-order chi connectivity index (χ1) is 8.81. The van der Waals surface area contributed by atoms with E-state index in [1.54, 1.807) is 4.68 Å². The molecule has 18 heavy (non-hydrogen) atoms. The highest BCUT2D eigenvalue weighted by molar-refractivity contribution is 4.94. The van der Waals surface area contributed by atoms with Gasteiger partial charge in [-0.05, 0) is 25.8 Å². The van der Waals surface area contributed by atoms with Crippen molar-refractivity contribution in [2.24, 2.45) is 5.73 Å². The van der Waals surface area contributed by atoms with E-state index in [1.165, 1.54) is 0 Å². The Morgan fingerprint density at radius 1 is 1.39 bits per heavy atom.